The molecule has 1 nitrogen and oxygen atoms in total. The predicted octanol–water partition coefficient (Wildman–Crippen LogP) is 1.31. The SMILES string of the molecule is [CH]1CCN(CC2CC2)C1. The van der Waals surface area contributed by atoms with Gasteiger partial charge in [0.15, 0.2) is 0 Å². The summed E-state index contributed by atoms with van der Waals surface area (Å²) in [7, 11) is 0. The molecule has 0 amide bonds. The number of likely N-dealkylation sites (tertiary alicyclic amines) is 1. The van der Waals surface area contributed by atoms with Crippen molar-refractivity contribution in [3.05, 3.63) is 6.42 Å². The van der Waals surface area contributed by atoms with Crippen LogP contribution >= 0.6 is 0 Å². The van der Waals surface area contributed by atoms with E-state index < -0.39 is 0 Å². The summed E-state index contributed by atoms with van der Waals surface area (Å²) < 4.78 is 0. The number of rotatable bonds is 2. The summed E-state index contributed by atoms with van der Waals surface area (Å²) in [5.41, 5.74) is 0. The first-order valence-corrected chi connectivity index (χ1v) is 3.99. The van der Waals surface area contributed by atoms with Crippen LogP contribution in [0.15, 0.2) is 0 Å². The quantitative estimate of drug-likeness (QED) is 0.536. The van der Waals surface area contributed by atoms with Crippen LogP contribution in [0.2, 0.25) is 0 Å². The van der Waals surface area contributed by atoms with Gasteiger partial charge >= 0.3 is 0 Å². The maximum atomic E-state index is 2.57. The molecule has 2 aliphatic rings. The average Bonchev–Trinajstić information content (AvgIpc) is 2.46. The van der Waals surface area contributed by atoms with Crippen LogP contribution in [0.1, 0.15) is 19.3 Å². The maximum Gasteiger partial charge on any atom is 0.00134 e. The third kappa shape index (κ3) is 1.45. The molecule has 2 rings (SSSR count). The Morgan fingerprint density at radius 1 is 1.44 bits per heavy atom. The molecule has 0 aromatic rings. The number of nitrogens with zero attached hydrogens (tertiary/aromatic N) is 1. The van der Waals surface area contributed by atoms with Crippen molar-refractivity contribution in [3.63, 3.8) is 0 Å². The highest BCUT2D eigenvalue weighted by atomic mass is 15.1. The molecule has 9 heavy (non-hydrogen) atoms. The first kappa shape index (κ1) is 5.72. The van der Waals surface area contributed by atoms with Crippen LogP contribution in [0.4, 0.5) is 0 Å². The fourth-order valence-electron chi connectivity index (χ4n) is 1.47. The minimum absolute atomic E-state index is 1.08. The van der Waals surface area contributed by atoms with Gasteiger partial charge in [-0.05, 0) is 38.1 Å². The molecule has 1 heterocycles. The fraction of sp³-hybridized carbons (Fsp3) is 0.875. The van der Waals surface area contributed by atoms with E-state index in [1.165, 1.54) is 38.9 Å². The minimum Gasteiger partial charge on any atom is -0.303 e. The normalized spacial score (nSPS) is 29.3. The Kier molecular flexibility index (Phi) is 1.46. The summed E-state index contributed by atoms with van der Waals surface area (Å²) in [6.07, 6.45) is 6.71. The van der Waals surface area contributed by atoms with Crippen LogP contribution < -0.4 is 0 Å². The van der Waals surface area contributed by atoms with Crippen LogP contribution in [-0.2, 0) is 0 Å². The zero-order valence-corrected chi connectivity index (χ0v) is 5.84. The van der Waals surface area contributed by atoms with Gasteiger partial charge in [-0.15, -0.1) is 0 Å². The summed E-state index contributed by atoms with van der Waals surface area (Å²) in [5.74, 6) is 1.08. The zero-order chi connectivity index (χ0) is 6.10. The zero-order valence-electron chi connectivity index (χ0n) is 5.84. The highest BCUT2D eigenvalue weighted by Crippen LogP contribution is 2.30. The molecular weight excluding hydrogens is 110 g/mol. The predicted molar refractivity (Wildman–Crippen MR) is 38.1 cm³/mol. The van der Waals surface area contributed by atoms with Gasteiger partial charge in [-0.2, -0.15) is 0 Å². The Balaban J connectivity index is 1.70. The van der Waals surface area contributed by atoms with E-state index in [0.29, 0.717) is 0 Å². The molecule has 1 radical (unpaired) electrons. The molecule has 51 valence electrons. The highest BCUT2D eigenvalue weighted by Gasteiger charge is 2.25. The first-order valence-electron chi connectivity index (χ1n) is 3.99. The van der Waals surface area contributed by atoms with E-state index in [1.54, 1.807) is 0 Å². The van der Waals surface area contributed by atoms with Crippen molar-refractivity contribution in [1.82, 2.24) is 4.90 Å². The van der Waals surface area contributed by atoms with Crippen molar-refractivity contribution in [2.24, 2.45) is 5.92 Å². The van der Waals surface area contributed by atoms with Gasteiger partial charge in [-0.3, -0.25) is 0 Å². The molecule has 0 aromatic heterocycles. The fourth-order valence-corrected chi connectivity index (χ4v) is 1.47. The molecule has 1 heteroatoms. The van der Waals surface area contributed by atoms with E-state index in [9.17, 15) is 0 Å². The van der Waals surface area contributed by atoms with Crippen molar-refractivity contribution in [2.45, 2.75) is 19.3 Å². The summed E-state index contributed by atoms with van der Waals surface area (Å²) in [4.78, 5) is 2.57. The second-order valence-electron chi connectivity index (χ2n) is 3.28. The van der Waals surface area contributed by atoms with Gasteiger partial charge in [0.25, 0.3) is 0 Å². The van der Waals surface area contributed by atoms with Crippen LogP contribution in [0.25, 0.3) is 0 Å². The highest BCUT2D eigenvalue weighted by molar-refractivity contribution is 4.85. The lowest BCUT2D eigenvalue weighted by molar-refractivity contribution is 0.329. The molecule has 2 fully saturated rings. The van der Waals surface area contributed by atoms with E-state index in [2.05, 4.69) is 11.3 Å². The molecule has 0 atom stereocenters. The Morgan fingerprint density at radius 2 is 2.33 bits per heavy atom. The van der Waals surface area contributed by atoms with Crippen molar-refractivity contribution in [2.75, 3.05) is 19.6 Å². The summed E-state index contributed by atoms with van der Waals surface area (Å²) in [5, 5.41) is 0. The molecule has 0 unspecified atom stereocenters. The van der Waals surface area contributed by atoms with Crippen molar-refractivity contribution in [1.29, 1.82) is 0 Å². The van der Waals surface area contributed by atoms with Crippen LogP contribution in [0.3, 0.4) is 0 Å². The lowest BCUT2D eigenvalue weighted by atomic mass is 10.4. The van der Waals surface area contributed by atoms with E-state index in [1.807, 2.05) is 0 Å². The van der Waals surface area contributed by atoms with Gasteiger partial charge in [-0.1, -0.05) is 0 Å². The van der Waals surface area contributed by atoms with Gasteiger partial charge in [0.05, 0.1) is 0 Å². The minimum atomic E-state index is 1.08. The third-order valence-corrected chi connectivity index (χ3v) is 2.25. The summed E-state index contributed by atoms with van der Waals surface area (Å²) in [6, 6.07) is 0. The smallest absolute Gasteiger partial charge is 0.00134 e. The number of hydrogen-bond acceptors (Lipinski definition) is 1. The summed E-state index contributed by atoms with van der Waals surface area (Å²) >= 11 is 0. The van der Waals surface area contributed by atoms with Gasteiger partial charge in [-0.25, -0.2) is 0 Å². The molecule has 1 saturated heterocycles. The number of hydrogen-bond donors (Lipinski definition) is 0. The van der Waals surface area contributed by atoms with E-state index in [4.69, 9.17) is 0 Å². The van der Waals surface area contributed by atoms with Gasteiger partial charge < -0.3 is 4.90 Å². The molecule has 0 bridgehead atoms. The Morgan fingerprint density at radius 3 is 2.89 bits per heavy atom. The average molecular weight is 124 g/mol. The second kappa shape index (κ2) is 2.30. The lowest BCUT2D eigenvalue weighted by Crippen LogP contribution is -2.21. The Hall–Kier alpha value is -0.0400. The molecule has 0 N–H and O–H groups in total. The van der Waals surface area contributed by atoms with Crippen molar-refractivity contribution < 1.29 is 0 Å². The van der Waals surface area contributed by atoms with Gasteiger partial charge in [0.2, 0.25) is 0 Å². The molecule has 1 aliphatic carbocycles. The van der Waals surface area contributed by atoms with Gasteiger partial charge in [0.1, 0.15) is 0 Å². The molecule has 0 spiro atoms. The topological polar surface area (TPSA) is 3.24 Å². The van der Waals surface area contributed by atoms with Crippen LogP contribution in [0, 0.1) is 12.3 Å². The van der Waals surface area contributed by atoms with E-state index in [-0.39, 0.29) is 0 Å². The monoisotopic (exact) mass is 124 g/mol. The van der Waals surface area contributed by atoms with E-state index >= 15 is 0 Å². The molecule has 1 saturated carbocycles. The van der Waals surface area contributed by atoms with Crippen LogP contribution in [-0.4, -0.2) is 24.5 Å². The Labute approximate surface area is 57.0 Å². The molecule has 1 aliphatic heterocycles. The van der Waals surface area contributed by atoms with Crippen molar-refractivity contribution >= 4 is 0 Å². The third-order valence-electron chi connectivity index (χ3n) is 2.25. The molecular formula is C8H14N. The first-order chi connectivity index (χ1) is 4.45. The largest absolute Gasteiger partial charge is 0.303 e. The van der Waals surface area contributed by atoms with E-state index in [0.717, 1.165) is 5.92 Å². The molecule has 0 aromatic carbocycles. The Bertz CT molecular complexity index is 90.7. The van der Waals surface area contributed by atoms with Crippen LogP contribution in [0.5, 0.6) is 0 Å². The summed E-state index contributed by atoms with van der Waals surface area (Å²) in [6.45, 7) is 3.98. The lowest BCUT2D eigenvalue weighted by Gasteiger charge is -2.12. The van der Waals surface area contributed by atoms with Crippen molar-refractivity contribution in [3.8, 4) is 0 Å². The standard InChI is InChI=1S/C8H14N/c1-2-6-9(5-1)7-8-3-4-8/h1,8H,2-7H2. The van der Waals surface area contributed by atoms with Gasteiger partial charge in [0, 0.05) is 13.1 Å². The second-order valence-corrected chi connectivity index (χ2v) is 3.28. The maximum absolute atomic E-state index is 2.57.